The van der Waals surface area contributed by atoms with E-state index >= 15 is 0 Å². The number of fused-ring (bicyclic) bond motifs is 1. The van der Waals surface area contributed by atoms with Crippen LogP contribution in [0.25, 0.3) is 11.0 Å². The second kappa shape index (κ2) is 8.42. The Morgan fingerprint density at radius 2 is 1.63 bits per heavy atom. The molecule has 5 nitrogen and oxygen atoms in total. The molecule has 0 atom stereocenters. The number of rotatable bonds is 7. The maximum atomic E-state index is 12.8. The van der Waals surface area contributed by atoms with Gasteiger partial charge in [-0.2, -0.15) is 0 Å². The highest BCUT2D eigenvalue weighted by Gasteiger charge is 2.17. The van der Waals surface area contributed by atoms with Crippen LogP contribution in [-0.4, -0.2) is 18.0 Å². The van der Waals surface area contributed by atoms with Gasteiger partial charge in [0.1, 0.15) is 5.82 Å². The Hall–Kier alpha value is -2.96. The van der Waals surface area contributed by atoms with E-state index in [1.54, 1.807) is 12.1 Å². The average Bonchev–Trinajstić information content (AvgIpc) is 3.11. The van der Waals surface area contributed by atoms with Crippen LogP contribution in [0.2, 0.25) is 0 Å². The predicted molar refractivity (Wildman–Crippen MR) is 120 cm³/mol. The van der Waals surface area contributed by atoms with Crippen LogP contribution in [0.4, 0.5) is 0 Å². The number of aryl methyl sites for hydroxylation is 4. The lowest BCUT2D eigenvalue weighted by Gasteiger charge is -2.11. The Labute approximate surface area is 177 Å². The van der Waals surface area contributed by atoms with E-state index in [4.69, 9.17) is 0 Å². The number of nitrogens with one attached hydrogen (secondary N) is 1. The molecule has 1 heterocycles. The summed E-state index contributed by atoms with van der Waals surface area (Å²) in [4.78, 5) is 4.96. The summed E-state index contributed by atoms with van der Waals surface area (Å²) in [5.41, 5.74) is 5.13. The van der Waals surface area contributed by atoms with Crippen molar-refractivity contribution in [3.05, 3.63) is 95.3 Å². The Bertz CT molecular complexity index is 1280. The molecule has 4 rings (SSSR count). The summed E-state index contributed by atoms with van der Waals surface area (Å²) in [5, 5.41) is 0. The molecule has 0 amide bonds. The number of benzene rings is 3. The van der Waals surface area contributed by atoms with Crippen LogP contribution in [0.15, 0.2) is 77.7 Å². The molecule has 6 heteroatoms. The van der Waals surface area contributed by atoms with E-state index in [9.17, 15) is 8.42 Å². The van der Waals surface area contributed by atoms with Gasteiger partial charge in [0.25, 0.3) is 0 Å². The molecule has 0 saturated heterocycles. The quantitative estimate of drug-likeness (QED) is 0.484. The lowest BCUT2D eigenvalue weighted by Crippen LogP contribution is -2.25. The van der Waals surface area contributed by atoms with Crippen molar-refractivity contribution in [2.24, 2.45) is 0 Å². The van der Waals surface area contributed by atoms with Crippen molar-refractivity contribution < 1.29 is 8.42 Å². The minimum Gasteiger partial charge on any atom is -0.327 e. The van der Waals surface area contributed by atoms with Gasteiger partial charge in [-0.15, -0.1) is 0 Å². The lowest BCUT2D eigenvalue weighted by atomic mass is 10.1. The van der Waals surface area contributed by atoms with Crippen LogP contribution in [0.1, 0.15) is 22.5 Å². The summed E-state index contributed by atoms with van der Waals surface area (Å²) in [5.74, 6) is 0.708. The average molecular weight is 420 g/mol. The summed E-state index contributed by atoms with van der Waals surface area (Å²) in [6.45, 7) is 4.75. The molecule has 0 bridgehead atoms. The number of imidazole rings is 1. The number of aromatic nitrogens is 2. The van der Waals surface area contributed by atoms with Crippen molar-refractivity contribution in [3.63, 3.8) is 0 Å². The van der Waals surface area contributed by atoms with Crippen LogP contribution >= 0.6 is 0 Å². The largest absolute Gasteiger partial charge is 0.327 e. The van der Waals surface area contributed by atoms with E-state index in [-0.39, 0.29) is 11.4 Å². The topological polar surface area (TPSA) is 64.0 Å². The van der Waals surface area contributed by atoms with Gasteiger partial charge < -0.3 is 4.57 Å². The van der Waals surface area contributed by atoms with E-state index in [0.29, 0.717) is 5.82 Å². The van der Waals surface area contributed by atoms with Crippen LogP contribution in [0.3, 0.4) is 0 Å². The molecule has 1 aromatic heterocycles. The maximum absolute atomic E-state index is 12.8. The van der Waals surface area contributed by atoms with Crippen LogP contribution in [0, 0.1) is 13.8 Å². The lowest BCUT2D eigenvalue weighted by molar-refractivity contribution is 0.574. The molecule has 1 N–H and O–H groups in total. The van der Waals surface area contributed by atoms with Crippen molar-refractivity contribution in [1.82, 2.24) is 14.3 Å². The van der Waals surface area contributed by atoms with Gasteiger partial charge in [-0.05, 0) is 61.2 Å². The van der Waals surface area contributed by atoms with Crippen LogP contribution in [0.5, 0.6) is 0 Å². The molecule has 0 unspecified atom stereocenters. The molecule has 0 aliphatic carbocycles. The van der Waals surface area contributed by atoms with Gasteiger partial charge in [-0.25, -0.2) is 18.1 Å². The molecule has 0 saturated carbocycles. The maximum Gasteiger partial charge on any atom is 0.240 e. The smallest absolute Gasteiger partial charge is 0.240 e. The first kappa shape index (κ1) is 20.3. The van der Waals surface area contributed by atoms with Gasteiger partial charge >= 0.3 is 0 Å². The fraction of sp³-hybridized carbons (Fsp3) is 0.208. The molecular formula is C24H25N3O2S. The molecule has 0 aliphatic heterocycles. The summed E-state index contributed by atoms with van der Waals surface area (Å²) in [7, 11) is -3.62. The normalized spacial score (nSPS) is 11.8. The zero-order chi connectivity index (χ0) is 21.1. The first-order valence-electron chi connectivity index (χ1n) is 9.99. The number of sulfonamides is 1. The highest BCUT2D eigenvalue weighted by atomic mass is 32.2. The highest BCUT2D eigenvalue weighted by molar-refractivity contribution is 7.89. The molecule has 154 valence electrons. The first-order chi connectivity index (χ1) is 14.4. The summed E-state index contributed by atoms with van der Waals surface area (Å²) in [6, 6.07) is 23.3. The standard InChI is InChI=1S/C24H25N3O2S/c1-18-12-13-21(16-19(18)2)30(28,29)25-17-24-26-22-10-6-7-11-23(22)27(24)15-14-20-8-4-3-5-9-20/h3-13,16,25H,14-15,17H2,1-2H3. The Morgan fingerprint density at radius 1 is 0.900 bits per heavy atom. The van der Waals surface area contributed by atoms with Crippen LogP contribution in [-0.2, 0) is 29.5 Å². The van der Waals surface area contributed by atoms with E-state index in [1.807, 2.05) is 62.4 Å². The summed E-state index contributed by atoms with van der Waals surface area (Å²) in [6.07, 6.45) is 0.845. The number of hydrogen-bond donors (Lipinski definition) is 1. The van der Waals surface area contributed by atoms with Gasteiger partial charge in [0, 0.05) is 6.54 Å². The minimum absolute atomic E-state index is 0.138. The van der Waals surface area contributed by atoms with Gasteiger partial charge in [0.05, 0.1) is 22.5 Å². The molecule has 0 radical (unpaired) electrons. The monoisotopic (exact) mass is 419 g/mol. The predicted octanol–water partition coefficient (Wildman–Crippen LogP) is 4.37. The van der Waals surface area contributed by atoms with Gasteiger partial charge in [-0.1, -0.05) is 48.5 Å². The molecule has 0 spiro atoms. The Kier molecular flexibility index (Phi) is 5.70. The molecular weight excluding hydrogens is 394 g/mol. The molecule has 0 fully saturated rings. The van der Waals surface area contributed by atoms with Crippen molar-refractivity contribution in [1.29, 1.82) is 0 Å². The van der Waals surface area contributed by atoms with Crippen molar-refractivity contribution in [2.75, 3.05) is 0 Å². The minimum atomic E-state index is -3.62. The zero-order valence-corrected chi connectivity index (χ0v) is 18.0. The van der Waals surface area contributed by atoms with Gasteiger partial charge in [-0.3, -0.25) is 0 Å². The second-order valence-electron chi connectivity index (χ2n) is 7.47. The second-order valence-corrected chi connectivity index (χ2v) is 9.24. The number of nitrogens with zero attached hydrogens (tertiary/aromatic N) is 2. The fourth-order valence-corrected chi connectivity index (χ4v) is 4.58. The van der Waals surface area contributed by atoms with E-state index in [2.05, 4.69) is 26.4 Å². The third-order valence-corrected chi connectivity index (χ3v) is 6.81. The SMILES string of the molecule is Cc1ccc(S(=O)(=O)NCc2nc3ccccc3n2CCc2ccccc2)cc1C. The Morgan fingerprint density at radius 3 is 2.40 bits per heavy atom. The van der Waals surface area contributed by atoms with Crippen molar-refractivity contribution >= 4 is 21.1 Å². The molecule has 3 aromatic carbocycles. The summed E-state index contributed by atoms with van der Waals surface area (Å²) >= 11 is 0. The van der Waals surface area contributed by atoms with Crippen LogP contribution < -0.4 is 4.72 Å². The third-order valence-electron chi connectivity index (χ3n) is 5.41. The van der Waals surface area contributed by atoms with E-state index in [0.717, 1.165) is 35.1 Å². The molecule has 30 heavy (non-hydrogen) atoms. The van der Waals surface area contributed by atoms with Crippen molar-refractivity contribution in [3.8, 4) is 0 Å². The van der Waals surface area contributed by atoms with E-state index in [1.165, 1.54) is 5.56 Å². The third kappa shape index (κ3) is 4.30. The first-order valence-corrected chi connectivity index (χ1v) is 11.5. The molecule has 4 aromatic rings. The van der Waals surface area contributed by atoms with Gasteiger partial charge in [0.15, 0.2) is 0 Å². The summed E-state index contributed by atoms with van der Waals surface area (Å²) < 4.78 is 30.5. The number of hydrogen-bond acceptors (Lipinski definition) is 3. The molecule has 0 aliphatic rings. The van der Waals surface area contributed by atoms with Crippen molar-refractivity contribution in [2.45, 2.75) is 38.3 Å². The fourth-order valence-electron chi connectivity index (χ4n) is 3.52. The van der Waals surface area contributed by atoms with E-state index < -0.39 is 10.0 Å². The highest BCUT2D eigenvalue weighted by Crippen LogP contribution is 2.19. The zero-order valence-electron chi connectivity index (χ0n) is 17.2. The van der Waals surface area contributed by atoms with Gasteiger partial charge in [0.2, 0.25) is 10.0 Å². The number of para-hydroxylation sites is 2. The Balaban J connectivity index is 1.59.